The van der Waals surface area contributed by atoms with Crippen molar-refractivity contribution < 1.29 is 4.79 Å². The van der Waals surface area contributed by atoms with Crippen LogP contribution in [0, 0.1) is 13.8 Å². The van der Waals surface area contributed by atoms with E-state index in [-0.39, 0.29) is 17.6 Å². The normalized spacial score (nSPS) is 11.0. The summed E-state index contributed by atoms with van der Waals surface area (Å²) in [6.07, 6.45) is 0. The van der Waals surface area contributed by atoms with Crippen LogP contribution in [-0.2, 0) is 4.79 Å². The highest BCUT2D eigenvalue weighted by Crippen LogP contribution is 2.19. The van der Waals surface area contributed by atoms with Gasteiger partial charge in [0.25, 0.3) is 0 Å². The minimum Gasteiger partial charge on any atom is -0.336 e. The molecule has 1 heterocycles. The molecule has 0 fully saturated rings. The Kier molecular flexibility index (Phi) is 5.07. The molecule has 2 rings (SSSR count). The van der Waals surface area contributed by atoms with Crippen LogP contribution in [0.3, 0.4) is 0 Å². The second-order valence-electron chi connectivity index (χ2n) is 5.50. The van der Waals surface area contributed by atoms with Gasteiger partial charge in [-0.2, -0.15) is 0 Å². The summed E-state index contributed by atoms with van der Waals surface area (Å²) in [5.74, 6) is 6.96. The van der Waals surface area contributed by atoms with E-state index in [0.29, 0.717) is 11.0 Å². The summed E-state index contributed by atoms with van der Waals surface area (Å²) in [7, 11) is 0. The quantitative estimate of drug-likeness (QED) is 0.653. The minimum absolute atomic E-state index is 0.0950. The summed E-state index contributed by atoms with van der Waals surface area (Å²) in [5.41, 5.74) is 3.14. The molecule has 0 aliphatic heterocycles. The predicted octanol–water partition coefficient (Wildman–Crippen LogP) is 2.46. The average Bonchev–Trinajstić information content (AvgIpc) is 2.82. The summed E-state index contributed by atoms with van der Waals surface area (Å²) >= 11 is 1.27. The van der Waals surface area contributed by atoms with Gasteiger partial charge in [-0.25, -0.2) is 4.68 Å². The van der Waals surface area contributed by atoms with Crippen molar-refractivity contribution in [3.63, 3.8) is 0 Å². The van der Waals surface area contributed by atoms with Crippen molar-refractivity contribution in [2.45, 2.75) is 38.8 Å². The van der Waals surface area contributed by atoms with Gasteiger partial charge in [0.05, 0.1) is 5.75 Å². The number of nitrogens with zero attached hydrogens (tertiary/aromatic N) is 3. The van der Waals surface area contributed by atoms with E-state index in [1.807, 2.05) is 45.9 Å². The summed E-state index contributed by atoms with van der Waals surface area (Å²) < 4.78 is 1.44. The van der Waals surface area contributed by atoms with Gasteiger partial charge in [-0.15, -0.1) is 10.2 Å². The smallest absolute Gasteiger partial charge is 0.234 e. The van der Waals surface area contributed by atoms with E-state index in [1.165, 1.54) is 22.0 Å². The van der Waals surface area contributed by atoms with Crippen molar-refractivity contribution in [1.82, 2.24) is 14.9 Å². The Morgan fingerprint density at radius 1 is 1.32 bits per heavy atom. The van der Waals surface area contributed by atoms with Crippen LogP contribution in [-0.4, -0.2) is 26.5 Å². The number of hydrogen-bond acceptors (Lipinski definition) is 5. The molecule has 3 N–H and O–H groups in total. The number of nitrogens with two attached hydrogens (primary N) is 1. The van der Waals surface area contributed by atoms with Gasteiger partial charge >= 0.3 is 0 Å². The molecule has 0 radical (unpaired) electrons. The Morgan fingerprint density at radius 3 is 2.64 bits per heavy atom. The van der Waals surface area contributed by atoms with Gasteiger partial charge in [0, 0.05) is 11.6 Å². The number of nitrogen functional groups attached to an aromatic ring is 1. The summed E-state index contributed by atoms with van der Waals surface area (Å²) in [5, 5.41) is 11.5. The number of amides is 1. The summed E-state index contributed by atoms with van der Waals surface area (Å²) in [6.45, 7) is 8.05. The van der Waals surface area contributed by atoms with Gasteiger partial charge in [-0.1, -0.05) is 31.7 Å². The molecule has 7 heteroatoms. The summed E-state index contributed by atoms with van der Waals surface area (Å²) in [6, 6.07) is 5.84. The molecule has 0 aliphatic carbocycles. The van der Waals surface area contributed by atoms with Crippen LogP contribution < -0.4 is 11.2 Å². The van der Waals surface area contributed by atoms with Crippen molar-refractivity contribution in [2.75, 3.05) is 16.9 Å². The number of nitrogens with one attached hydrogen (secondary N) is 1. The molecule has 22 heavy (non-hydrogen) atoms. The molecule has 0 bridgehead atoms. The summed E-state index contributed by atoms with van der Waals surface area (Å²) in [4.78, 5) is 12.0. The molecule has 1 amide bonds. The molecule has 1 aromatic heterocycles. The van der Waals surface area contributed by atoms with Gasteiger partial charge in [0.15, 0.2) is 5.82 Å². The molecule has 0 unspecified atom stereocenters. The first-order valence-corrected chi connectivity index (χ1v) is 8.07. The van der Waals surface area contributed by atoms with E-state index in [1.54, 1.807) is 0 Å². The monoisotopic (exact) mass is 319 g/mol. The van der Waals surface area contributed by atoms with Crippen molar-refractivity contribution in [3.8, 4) is 0 Å². The third-order valence-electron chi connectivity index (χ3n) is 3.33. The average molecular weight is 319 g/mol. The third kappa shape index (κ3) is 3.79. The lowest BCUT2D eigenvalue weighted by Gasteiger charge is -2.08. The van der Waals surface area contributed by atoms with Crippen LogP contribution in [0.25, 0.3) is 0 Å². The maximum absolute atomic E-state index is 12.0. The molecule has 0 atom stereocenters. The highest BCUT2D eigenvalue weighted by molar-refractivity contribution is 7.99. The second-order valence-corrected chi connectivity index (χ2v) is 6.44. The Hall–Kier alpha value is -2.02. The molecule has 2 aromatic rings. The van der Waals surface area contributed by atoms with E-state index in [0.717, 1.165) is 11.3 Å². The Balaban J connectivity index is 1.94. The fourth-order valence-electron chi connectivity index (χ4n) is 1.93. The van der Waals surface area contributed by atoms with Crippen molar-refractivity contribution in [1.29, 1.82) is 0 Å². The molecule has 0 saturated heterocycles. The number of benzene rings is 1. The molecule has 0 aliphatic rings. The van der Waals surface area contributed by atoms with E-state index < -0.39 is 0 Å². The fourth-order valence-corrected chi connectivity index (χ4v) is 2.59. The first-order valence-electron chi connectivity index (χ1n) is 7.08. The van der Waals surface area contributed by atoms with E-state index >= 15 is 0 Å². The lowest BCUT2D eigenvalue weighted by molar-refractivity contribution is -0.113. The van der Waals surface area contributed by atoms with Crippen LogP contribution in [0.2, 0.25) is 0 Å². The number of aromatic nitrogens is 3. The number of carbonyl (C=O) groups excluding carboxylic acids is 1. The van der Waals surface area contributed by atoms with Crippen LogP contribution in [0.4, 0.5) is 5.69 Å². The number of rotatable bonds is 5. The standard InChI is InChI=1S/C15H21N5OS/c1-9(2)14-18-19-15(20(14)16)22-8-13(21)17-12-6-5-10(3)11(4)7-12/h5-7,9H,8,16H2,1-4H3,(H,17,21). The van der Waals surface area contributed by atoms with Crippen molar-refractivity contribution in [3.05, 3.63) is 35.2 Å². The SMILES string of the molecule is Cc1ccc(NC(=O)CSc2nnc(C(C)C)n2N)cc1C. The van der Waals surface area contributed by atoms with E-state index in [9.17, 15) is 4.79 Å². The second kappa shape index (κ2) is 6.83. The topological polar surface area (TPSA) is 85.8 Å². The highest BCUT2D eigenvalue weighted by Gasteiger charge is 2.14. The largest absolute Gasteiger partial charge is 0.336 e. The Morgan fingerprint density at radius 2 is 2.05 bits per heavy atom. The zero-order chi connectivity index (χ0) is 16.3. The van der Waals surface area contributed by atoms with Gasteiger partial charge in [-0.05, 0) is 37.1 Å². The minimum atomic E-state index is -0.0950. The number of carbonyl (C=O) groups is 1. The molecule has 0 spiro atoms. The maximum Gasteiger partial charge on any atom is 0.234 e. The lowest BCUT2D eigenvalue weighted by atomic mass is 10.1. The zero-order valence-corrected chi connectivity index (χ0v) is 14.1. The van der Waals surface area contributed by atoms with Gasteiger partial charge in [0.2, 0.25) is 11.1 Å². The van der Waals surface area contributed by atoms with Crippen molar-refractivity contribution in [2.24, 2.45) is 0 Å². The van der Waals surface area contributed by atoms with Crippen LogP contribution in [0.1, 0.15) is 36.7 Å². The number of thioether (sulfide) groups is 1. The predicted molar refractivity (Wildman–Crippen MR) is 89.5 cm³/mol. The highest BCUT2D eigenvalue weighted by atomic mass is 32.2. The molecule has 1 aromatic carbocycles. The number of aryl methyl sites for hydroxylation is 2. The fraction of sp³-hybridized carbons (Fsp3) is 0.400. The molecule has 6 nitrogen and oxygen atoms in total. The first kappa shape index (κ1) is 16.4. The Bertz CT molecular complexity index is 681. The maximum atomic E-state index is 12.0. The molecule has 0 saturated carbocycles. The number of hydrogen-bond donors (Lipinski definition) is 2. The number of anilines is 1. The zero-order valence-electron chi connectivity index (χ0n) is 13.3. The molecular formula is C15H21N5OS. The Labute approximate surface area is 134 Å². The van der Waals surface area contributed by atoms with Crippen LogP contribution in [0.15, 0.2) is 23.4 Å². The van der Waals surface area contributed by atoms with Gasteiger partial charge in [0.1, 0.15) is 0 Å². The molecular weight excluding hydrogens is 298 g/mol. The van der Waals surface area contributed by atoms with Gasteiger partial charge in [-0.3, -0.25) is 4.79 Å². The van der Waals surface area contributed by atoms with Crippen molar-refractivity contribution >= 4 is 23.4 Å². The molecule has 118 valence electrons. The first-order chi connectivity index (χ1) is 10.4. The van der Waals surface area contributed by atoms with E-state index in [2.05, 4.69) is 15.5 Å². The van der Waals surface area contributed by atoms with Crippen LogP contribution in [0.5, 0.6) is 0 Å². The van der Waals surface area contributed by atoms with E-state index in [4.69, 9.17) is 5.84 Å². The van der Waals surface area contributed by atoms with Gasteiger partial charge < -0.3 is 11.2 Å². The van der Waals surface area contributed by atoms with Crippen LogP contribution >= 0.6 is 11.8 Å². The lowest BCUT2D eigenvalue weighted by Crippen LogP contribution is -2.17. The third-order valence-corrected chi connectivity index (χ3v) is 4.27.